The molecular weight excluding hydrogens is 500 g/mol. The van der Waals surface area contributed by atoms with Crippen molar-refractivity contribution in [2.75, 3.05) is 20.2 Å². The van der Waals surface area contributed by atoms with Gasteiger partial charge in [-0.25, -0.2) is 0 Å². The molecule has 2 aromatic carbocycles. The summed E-state index contributed by atoms with van der Waals surface area (Å²) >= 11 is 0. The van der Waals surface area contributed by atoms with Gasteiger partial charge in [0.1, 0.15) is 11.4 Å². The summed E-state index contributed by atoms with van der Waals surface area (Å²) < 4.78 is 91.2. The minimum atomic E-state index is -4.74. The van der Waals surface area contributed by atoms with Crippen LogP contribution in [0.1, 0.15) is 54.0 Å². The highest BCUT2D eigenvalue weighted by Gasteiger charge is 2.41. The van der Waals surface area contributed by atoms with Gasteiger partial charge in [-0.3, -0.25) is 9.69 Å². The highest BCUT2D eigenvalue weighted by molar-refractivity contribution is 5.72. The third-order valence-corrected chi connectivity index (χ3v) is 7.35. The highest BCUT2D eigenvalue weighted by Crippen LogP contribution is 2.41. The van der Waals surface area contributed by atoms with Crippen LogP contribution in [0.3, 0.4) is 0 Å². The Morgan fingerprint density at radius 1 is 1.03 bits per heavy atom. The van der Waals surface area contributed by atoms with Crippen molar-refractivity contribution in [1.82, 2.24) is 4.90 Å². The van der Waals surface area contributed by atoms with Crippen LogP contribution in [0.5, 0.6) is 5.75 Å². The first-order valence-electron chi connectivity index (χ1n) is 12.2. The third-order valence-electron chi connectivity index (χ3n) is 7.35. The summed E-state index contributed by atoms with van der Waals surface area (Å²) in [6, 6.07) is 7.49. The maximum atomic E-state index is 13.5. The van der Waals surface area contributed by atoms with Crippen LogP contribution in [0.4, 0.5) is 26.3 Å². The molecule has 0 saturated carbocycles. The van der Waals surface area contributed by atoms with E-state index in [-0.39, 0.29) is 24.0 Å². The molecule has 0 radical (unpaired) electrons. The Kier molecular flexibility index (Phi) is 7.52. The first kappa shape index (κ1) is 27.3. The molecule has 1 atom stereocenters. The molecule has 4 rings (SSSR count). The number of methoxy groups -OCH3 is 1. The van der Waals surface area contributed by atoms with Crippen LogP contribution in [0.2, 0.25) is 0 Å². The van der Waals surface area contributed by atoms with Crippen LogP contribution in [0.25, 0.3) is 0 Å². The van der Waals surface area contributed by atoms with Crippen LogP contribution < -0.4 is 4.74 Å². The molecule has 1 spiro atoms. The number of fused-ring (bicyclic) bond motifs is 1. The minimum Gasteiger partial charge on any atom is -0.487 e. The predicted molar refractivity (Wildman–Crippen MR) is 124 cm³/mol. The second kappa shape index (κ2) is 10.2. The first-order chi connectivity index (χ1) is 17.3. The van der Waals surface area contributed by atoms with Crippen LogP contribution in [-0.4, -0.2) is 36.7 Å². The van der Waals surface area contributed by atoms with Gasteiger partial charge in [-0.2, -0.15) is 26.3 Å². The van der Waals surface area contributed by atoms with Crippen LogP contribution in [0, 0.1) is 5.92 Å². The molecule has 1 fully saturated rings. The van der Waals surface area contributed by atoms with Crippen molar-refractivity contribution in [2.45, 2.75) is 63.5 Å². The molecule has 1 unspecified atom stereocenters. The van der Waals surface area contributed by atoms with Gasteiger partial charge in [0.2, 0.25) is 0 Å². The molecule has 0 aromatic heterocycles. The molecule has 0 aliphatic carbocycles. The number of hydrogen-bond donors (Lipinski definition) is 0. The number of halogens is 6. The molecule has 2 heterocycles. The Balaban J connectivity index is 1.45. The number of benzene rings is 2. The van der Waals surface area contributed by atoms with Crippen molar-refractivity contribution in [2.24, 2.45) is 5.92 Å². The van der Waals surface area contributed by atoms with Gasteiger partial charge in [-0.05, 0) is 73.1 Å². The Morgan fingerprint density at radius 2 is 1.73 bits per heavy atom. The van der Waals surface area contributed by atoms with Gasteiger partial charge in [0.25, 0.3) is 0 Å². The number of nitrogens with zero attached hydrogens (tertiary/aromatic N) is 1. The highest BCUT2D eigenvalue weighted by atomic mass is 19.4. The number of carbonyl (C=O) groups excluding carboxylic acids is 1. The predicted octanol–water partition coefficient (Wildman–Crippen LogP) is 6.44. The molecule has 2 aliphatic rings. The molecule has 0 bridgehead atoms. The second-order valence-corrected chi connectivity index (χ2v) is 10.00. The fourth-order valence-electron chi connectivity index (χ4n) is 5.20. The fraction of sp³-hybridized carbons (Fsp3) is 0.519. The maximum Gasteiger partial charge on any atom is 0.416 e. The van der Waals surface area contributed by atoms with E-state index in [2.05, 4.69) is 0 Å². The maximum absolute atomic E-state index is 13.5. The molecule has 202 valence electrons. The van der Waals surface area contributed by atoms with Crippen molar-refractivity contribution < 1.29 is 40.6 Å². The van der Waals surface area contributed by atoms with E-state index in [4.69, 9.17) is 9.47 Å². The van der Waals surface area contributed by atoms with E-state index in [1.165, 1.54) is 7.11 Å². The molecule has 10 heteroatoms. The van der Waals surface area contributed by atoms with E-state index < -0.39 is 29.1 Å². The topological polar surface area (TPSA) is 38.8 Å². The fourth-order valence-corrected chi connectivity index (χ4v) is 5.20. The Bertz CT molecular complexity index is 1140. The van der Waals surface area contributed by atoms with Crippen molar-refractivity contribution in [1.29, 1.82) is 0 Å². The minimum absolute atomic E-state index is 0.221. The normalized spacial score (nSPS) is 18.7. The molecular formula is C27H29F6NO3. The third kappa shape index (κ3) is 6.22. The quantitative estimate of drug-likeness (QED) is 0.330. The molecule has 0 N–H and O–H groups in total. The average Bonchev–Trinajstić information content (AvgIpc) is 2.83. The molecule has 37 heavy (non-hydrogen) atoms. The lowest BCUT2D eigenvalue weighted by molar-refractivity contribution is -0.144. The zero-order valence-electron chi connectivity index (χ0n) is 20.6. The smallest absolute Gasteiger partial charge is 0.416 e. The summed E-state index contributed by atoms with van der Waals surface area (Å²) in [7, 11) is 1.35. The standard InChI is InChI=1S/C27H29F6NO3/c1-17(24(35)36-2)13-18-3-4-19-7-8-25(37-23(19)14-18)9-11-34(12-10-25)16-20-15-21(26(28,29)30)5-6-22(20)27(31,32)33/h3-6,14-15,17H,7-13,16H2,1-2H3. The van der Waals surface area contributed by atoms with Gasteiger partial charge in [-0.1, -0.05) is 19.1 Å². The van der Waals surface area contributed by atoms with E-state index in [1.807, 2.05) is 18.2 Å². The first-order valence-corrected chi connectivity index (χ1v) is 12.2. The number of esters is 1. The molecule has 2 aromatic rings. The van der Waals surface area contributed by atoms with E-state index >= 15 is 0 Å². The Labute approximate surface area is 211 Å². The number of aryl methyl sites for hydroxylation is 1. The zero-order valence-corrected chi connectivity index (χ0v) is 20.6. The van der Waals surface area contributed by atoms with Crippen LogP contribution >= 0.6 is 0 Å². The van der Waals surface area contributed by atoms with Gasteiger partial charge < -0.3 is 9.47 Å². The van der Waals surface area contributed by atoms with Crippen molar-refractivity contribution in [3.05, 3.63) is 64.2 Å². The summed E-state index contributed by atoms with van der Waals surface area (Å²) in [5.74, 6) is 0.143. The lowest BCUT2D eigenvalue weighted by Gasteiger charge is -2.45. The number of hydrogen-bond acceptors (Lipinski definition) is 4. The second-order valence-electron chi connectivity index (χ2n) is 10.00. The lowest BCUT2D eigenvalue weighted by Crippen LogP contribution is -2.49. The monoisotopic (exact) mass is 529 g/mol. The molecule has 1 saturated heterocycles. The van der Waals surface area contributed by atoms with E-state index in [0.29, 0.717) is 50.6 Å². The number of alkyl halides is 6. The van der Waals surface area contributed by atoms with Gasteiger partial charge in [-0.15, -0.1) is 0 Å². The van der Waals surface area contributed by atoms with Gasteiger partial charge >= 0.3 is 18.3 Å². The zero-order chi connectivity index (χ0) is 27.0. The average molecular weight is 530 g/mol. The summed E-state index contributed by atoms with van der Waals surface area (Å²) in [5, 5.41) is 0. The lowest BCUT2D eigenvalue weighted by atomic mass is 9.82. The van der Waals surface area contributed by atoms with E-state index in [1.54, 1.807) is 11.8 Å². The summed E-state index contributed by atoms with van der Waals surface area (Å²) in [6.07, 6.45) is -6.32. The SMILES string of the molecule is COC(=O)C(C)Cc1ccc2c(c1)OC1(CC2)CCN(Cc2cc(C(F)(F)F)ccc2C(F)(F)F)CC1. The van der Waals surface area contributed by atoms with Gasteiger partial charge in [0, 0.05) is 19.6 Å². The number of likely N-dealkylation sites (tertiary alicyclic amines) is 1. The molecule has 0 amide bonds. The van der Waals surface area contributed by atoms with Crippen molar-refractivity contribution in [3.8, 4) is 5.75 Å². The largest absolute Gasteiger partial charge is 0.487 e. The van der Waals surface area contributed by atoms with Crippen LogP contribution in [-0.2, 0) is 41.3 Å². The Hall–Kier alpha value is -2.75. The van der Waals surface area contributed by atoms with Gasteiger partial charge in [0.15, 0.2) is 0 Å². The summed E-state index contributed by atoms with van der Waals surface area (Å²) in [5.41, 5.74) is -0.989. The summed E-state index contributed by atoms with van der Waals surface area (Å²) in [6.45, 7) is 2.38. The van der Waals surface area contributed by atoms with E-state index in [9.17, 15) is 31.1 Å². The molecule has 4 nitrogen and oxygen atoms in total. The van der Waals surface area contributed by atoms with Gasteiger partial charge in [0.05, 0.1) is 24.2 Å². The number of carbonyl (C=O) groups is 1. The number of rotatable bonds is 5. The number of ether oxygens (including phenoxy) is 2. The van der Waals surface area contributed by atoms with Crippen LogP contribution in [0.15, 0.2) is 36.4 Å². The molecule has 2 aliphatic heterocycles. The Morgan fingerprint density at radius 3 is 2.35 bits per heavy atom. The number of piperidine rings is 1. The summed E-state index contributed by atoms with van der Waals surface area (Å²) in [4.78, 5) is 13.5. The van der Waals surface area contributed by atoms with E-state index in [0.717, 1.165) is 29.7 Å². The van der Waals surface area contributed by atoms with Crippen molar-refractivity contribution in [3.63, 3.8) is 0 Å². The van der Waals surface area contributed by atoms with Crippen molar-refractivity contribution >= 4 is 5.97 Å².